The van der Waals surface area contributed by atoms with E-state index in [1.807, 2.05) is 31.3 Å². The molecular formula is C16H23N3O2. The molecule has 21 heavy (non-hydrogen) atoms. The molecule has 0 radical (unpaired) electrons. The number of hydrazine groups is 1. The van der Waals surface area contributed by atoms with Crippen LogP contribution in [0.3, 0.4) is 0 Å². The number of fused-ring (bicyclic) bond motifs is 1. The lowest BCUT2D eigenvalue weighted by Gasteiger charge is -2.19. The molecule has 2 aromatic rings. The van der Waals surface area contributed by atoms with Gasteiger partial charge in [-0.25, -0.2) is 5.84 Å². The van der Waals surface area contributed by atoms with E-state index >= 15 is 0 Å². The summed E-state index contributed by atoms with van der Waals surface area (Å²) in [6.45, 7) is 5.93. The fourth-order valence-electron chi connectivity index (χ4n) is 2.50. The van der Waals surface area contributed by atoms with Crippen LogP contribution in [0.5, 0.6) is 0 Å². The Labute approximate surface area is 125 Å². The minimum atomic E-state index is -0.313. The number of nitrogens with zero attached hydrogens (tertiary/aromatic N) is 1. The summed E-state index contributed by atoms with van der Waals surface area (Å²) in [5, 5.41) is 0.799. The number of nitrogens with two attached hydrogens (primary N) is 1. The molecule has 0 aliphatic heterocycles. The number of furan rings is 1. The van der Waals surface area contributed by atoms with Crippen LogP contribution < -0.4 is 11.3 Å². The zero-order valence-corrected chi connectivity index (χ0v) is 12.8. The summed E-state index contributed by atoms with van der Waals surface area (Å²) in [5.41, 5.74) is 3.45. The third-order valence-corrected chi connectivity index (χ3v) is 3.76. The first-order valence-electron chi connectivity index (χ1n) is 7.26. The molecule has 1 heterocycles. The summed E-state index contributed by atoms with van der Waals surface area (Å²) >= 11 is 0. The number of carbonyl (C=O) groups is 1. The first-order valence-corrected chi connectivity index (χ1v) is 7.26. The van der Waals surface area contributed by atoms with Gasteiger partial charge in [0, 0.05) is 11.9 Å². The Kier molecular flexibility index (Phi) is 4.98. The SMILES string of the molecule is CCC(C)CN(C)Cc1oc2ccccc2c1C(=O)NN. The Morgan fingerprint density at radius 2 is 2.14 bits per heavy atom. The van der Waals surface area contributed by atoms with Gasteiger partial charge in [0.05, 0.1) is 12.1 Å². The summed E-state index contributed by atoms with van der Waals surface area (Å²) in [6.07, 6.45) is 1.13. The maximum atomic E-state index is 12.1. The van der Waals surface area contributed by atoms with E-state index in [2.05, 4.69) is 24.2 Å². The van der Waals surface area contributed by atoms with E-state index in [4.69, 9.17) is 10.3 Å². The highest BCUT2D eigenvalue weighted by Gasteiger charge is 2.21. The zero-order chi connectivity index (χ0) is 15.4. The topological polar surface area (TPSA) is 71.5 Å². The molecule has 1 aromatic carbocycles. The Balaban J connectivity index is 2.32. The van der Waals surface area contributed by atoms with E-state index in [-0.39, 0.29) is 5.91 Å². The summed E-state index contributed by atoms with van der Waals surface area (Å²) in [5.74, 6) is 6.25. The standard InChI is InChI=1S/C16H23N3O2/c1-4-11(2)9-19(3)10-14-15(16(20)18-17)12-7-5-6-8-13(12)21-14/h5-8,11H,4,9-10,17H2,1-3H3,(H,18,20). The number of carbonyl (C=O) groups excluding carboxylic acids is 1. The van der Waals surface area contributed by atoms with Gasteiger partial charge in [-0.2, -0.15) is 0 Å². The Morgan fingerprint density at radius 3 is 2.81 bits per heavy atom. The molecule has 1 unspecified atom stereocenters. The summed E-state index contributed by atoms with van der Waals surface area (Å²) < 4.78 is 5.85. The minimum Gasteiger partial charge on any atom is -0.459 e. The van der Waals surface area contributed by atoms with Crippen LogP contribution in [0.2, 0.25) is 0 Å². The van der Waals surface area contributed by atoms with Gasteiger partial charge in [0.2, 0.25) is 0 Å². The predicted molar refractivity (Wildman–Crippen MR) is 83.7 cm³/mol. The summed E-state index contributed by atoms with van der Waals surface area (Å²) in [7, 11) is 2.03. The van der Waals surface area contributed by atoms with Gasteiger partial charge in [0.15, 0.2) is 0 Å². The van der Waals surface area contributed by atoms with Gasteiger partial charge in [-0.05, 0) is 19.0 Å². The molecule has 0 fully saturated rings. The van der Waals surface area contributed by atoms with Gasteiger partial charge in [-0.1, -0.05) is 38.5 Å². The van der Waals surface area contributed by atoms with E-state index in [0.29, 0.717) is 29.4 Å². The second-order valence-electron chi connectivity index (χ2n) is 5.58. The highest BCUT2D eigenvalue weighted by molar-refractivity contribution is 6.07. The van der Waals surface area contributed by atoms with Crippen molar-refractivity contribution >= 4 is 16.9 Å². The van der Waals surface area contributed by atoms with Gasteiger partial charge >= 0.3 is 0 Å². The van der Waals surface area contributed by atoms with E-state index in [1.54, 1.807) is 0 Å². The monoisotopic (exact) mass is 289 g/mol. The van der Waals surface area contributed by atoms with E-state index < -0.39 is 0 Å². The first kappa shape index (κ1) is 15.5. The van der Waals surface area contributed by atoms with Crippen molar-refractivity contribution in [1.29, 1.82) is 0 Å². The van der Waals surface area contributed by atoms with Crippen LogP contribution in [-0.4, -0.2) is 24.4 Å². The number of nitrogen functional groups attached to an aromatic ring is 1. The quantitative estimate of drug-likeness (QED) is 0.487. The second-order valence-corrected chi connectivity index (χ2v) is 5.58. The molecule has 0 aliphatic carbocycles. The van der Waals surface area contributed by atoms with Gasteiger partial charge < -0.3 is 4.42 Å². The van der Waals surface area contributed by atoms with E-state index in [0.717, 1.165) is 18.4 Å². The predicted octanol–water partition coefficient (Wildman–Crippen LogP) is 2.51. The largest absolute Gasteiger partial charge is 0.459 e. The van der Waals surface area contributed by atoms with Crippen LogP contribution >= 0.6 is 0 Å². The third-order valence-electron chi connectivity index (χ3n) is 3.76. The Morgan fingerprint density at radius 1 is 1.43 bits per heavy atom. The maximum absolute atomic E-state index is 12.1. The lowest BCUT2D eigenvalue weighted by atomic mass is 10.1. The number of benzene rings is 1. The van der Waals surface area contributed by atoms with E-state index in [1.165, 1.54) is 0 Å². The molecule has 0 saturated heterocycles. The maximum Gasteiger partial charge on any atom is 0.269 e. The Hall–Kier alpha value is -1.85. The van der Waals surface area contributed by atoms with Gasteiger partial charge in [-0.3, -0.25) is 15.1 Å². The third kappa shape index (κ3) is 3.43. The summed E-state index contributed by atoms with van der Waals surface area (Å²) in [6, 6.07) is 7.52. The van der Waals surface area contributed by atoms with Crippen molar-refractivity contribution in [3.63, 3.8) is 0 Å². The van der Waals surface area contributed by atoms with Crippen LogP contribution in [0, 0.1) is 5.92 Å². The molecule has 1 atom stereocenters. The summed E-state index contributed by atoms with van der Waals surface area (Å²) in [4.78, 5) is 14.2. The fourth-order valence-corrected chi connectivity index (χ4v) is 2.50. The molecule has 1 amide bonds. The number of rotatable bonds is 6. The molecule has 2 rings (SSSR count). The van der Waals surface area contributed by atoms with Crippen LogP contribution in [-0.2, 0) is 6.54 Å². The zero-order valence-electron chi connectivity index (χ0n) is 12.8. The van der Waals surface area contributed by atoms with Crippen LogP contribution in [0.25, 0.3) is 11.0 Å². The Bertz CT molecular complexity index is 621. The number of hydrogen-bond donors (Lipinski definition) is 2. The van der Waals surface area contributed by atoms with Gasteiger partial charge in [0.25, 0.3) is 5.91 Å². The van der Waals surface area contributed by atoms with Crippen LogP contribution in [0.4, 0.5) is 0 Å². The molecule has 114 valence electrons. The van der Waals surface area contributed by atoms with Crippen molar-refractivity contribution in [1.82, 2.24) is 10.3 Å². The molecule has 1 aromatic heterocycles. The lowest BCUT2D eigenvalue weighted by molar-refractivity contribution is 0.0951. The van der Waals surface area contributed by atoms with Crippen molar-refractivity contribution in [2.45, 2.75) is 26.8 Å². The average Bonchev–Trinajstić information content (AvgIpc) is 2.83. The van der Waals surface area contributed by atoms with Crippen molar-refractivity contribution in [2.24, 2.45) is 11.8 Å². The number of hydrogen-bond acceptors (Lipinski definition) is 4. The normalized spacial score (nSPS) is 12.8. The molecule has 0 aliphatic rings. The van der Waals surface area contributed by atoms with Crippen molar-refractivity contribution < 1.29 is 9.21 Å². The lowest BCUT2D eigenvalue weighted by Crippen LogP contribution is -2.31. The molecule has 0 spiro atoms. The van der Waals surface area contributed by atoms with Crippen molar-refractivity contribution in [2.75, 3.05) is 13.6 Å². The molecule has 0 saturated carbocycles. The smallest absolute Gasteiger partial charge is 0.269 e. The van der Waals surface area contributed by atoms with Gasteiger partial charge in [-0.15, -0.1) is 0 Å². The molecule has 5 heteroatoms. The highest BCUT2D eigenvalue weighted by Crippen LogP contribution is 2.26. The average molecular weight is 289 g/mol. The van der Waals surface area contributed by atoms with Crippen LogP contribution in [0.1, 0.15) is 36.4 Å². The van der Waals surface area contributed by atoms with Crippen molar-refractivity contribution in [3.8, 4) is 0 Å². The minimum absolute atomic E-state index is 0.313. The van der Waals surface area contributed by atoms with Gasteiger partial charge in [0.1, 0.15) is 11.3 Å². The molecular weight excluding hydrogens is 266 g/mol. The number of para-hydroxylation sites is 1. The second kappa shape index (κ2) is 6.74. The highest BCUT2D eigenvalue weighted by atomic mass is 16.3. The van der Waals surface area contributed by atoms with Crippen molar-refractivity contribution in [3.05, 3.63) is 35.6 Å². The number of amides is 1. The molecule has 5 nitrogen and oxygen atoms in total. The first-order chi connectivity index (χ1) is 10.1. The number of nitrogens with one attached hydrogen (secondary N) is 1. The van der Waals surface area contributed by atoms with Crippen LogP contribution in [0.15, 0.2) is 28.7 Å². The molecule has 3 N–H and O–H groups in total. The molecule has 0 bridgehead atoms. The fraction of sp³-hybridized carbons (Fsp3) is 0.438. The van der Waals surface area contributed by atoms with E-state index in [9.17, 15) is 4.79 Å².